The van der Waals surface area contributed by atoms with Crippen molar-refractivity contribution in [3.05, 3.63) is 17.3 Å². The van der Waals surface area contributed by atoms with Crippen LogP contribution in [0, 0.1) is 6.92 Å². The second-order valence-electron chi connectivity index (χ2n) is 4.74. The Labute approximate surface area is 101 Å². The molecule has 0 saturated heterocycles. The number of nitrogens with zero attached hydrogens (tertiary/aromatic N) is 4. The van der Waals surface area contributed by atoms with Crippen molar-refractivity contribution in [3.8, 4) is 0 Å². The van der Waals surface area contributed by atoms with Crippen LogP contribution < -0.4 is 10.9 Å². The van der Waals surface area contributed by atoms with E-state index in [-0.39, 0.29) is 0 Å². The molecule has 2 N–H and O–H groups in total. The summed E-state index contributed by atoms with van der Waals surface area (Å²) in [6, 6.07) is 2.04. The first-order chi connectivity index (χ1) is 7.91. The van der Waals surface area contributed by atoms with Crippen LogP contribution in [0.2, 0.25) is 0 Å². The summed E-state index contributed by atoms with van der Waals surface area (Å²) in [5.41, 5.74) is 3.15. The van der Waals surface area contributed by atoms with Crippen molar-refractivity contribution in [2.24, 2.45) is 12.9 Å². The van der Waals surface area contributed by atoms with Crippen LogP contribution in [0.15, 0.2) is 6.07 Å². The molecule has 92 valence electrons. The number of aromatic nitrogens is 3. The van der Waals surface area contributed by atoms with Crippen LogP contribution in [0.5, 0.6) is 0 Å². The number of nitrogens with two attached hydrogens (primary N) is 1. The molecule has 0 aromatic carbocycles. The third kappa shape index (κ3) is 1.86. The highest BCUT2D eigenvalue weighted by Gasteiger charge is 2.16. The van der Waals surface area contributed by atoms with Crippen molar-refractivity contribution in [2.45, 2.75) is 26.7 Å². The van der Waals surface area contributed by atoms with Crippen molar-refractivity contribution in [1.29, 1.82) is 0 Å². The van der Waals surface area contributed by atoms with E-state index in [1.165, 1.54) is 10.6 Å². The Bertz CT molecular complexity index is 554. The molecule has 0 aliphatic carbocycles. The fourth-order valence-electron chi connectivity index (χ4n) is 2.10. The molecule has 0 fully saturated rings. The first-order valence-corrected chi connectivity index (χ1v) is 5.74. The number of hydrogen-bond donors (Lipinski definition) is 1. The molecule has 5 heteroatoms. The molecule has 0 saturated carbocycles. The monoisotopic (exact) mass is 233 g/mol. The molecule has 0 spiro atoms. The lowest BCUT2D eigenvalue weighted by atomic mass is 10.00. The largest absolute Gasteiger partial charge is 0.298 e. The van der Waals surface area contributed by atoms with Gasteiger partial charge < -0.3 is 0 Å². The predicted molar refractivity (Wildman–Crippen MR) is 69.9 cm³/mol. The van der Waals surface area contributed by atoms with E-state index >= 15 is 0 Å². The zero-order valence-electron chi connectivity index (χ0n) is 11.0. The van der Waals surface area contributed by atoms with Crippen LogP contribution in [-0.4, -0.2) is 21.8 Å². The number of hydrazine groups is 1. The van der Waals surface area contributed by atoms with Gasteiger partial charge in [0, 0.05) is 19.5 Å². The molecule has 0 unspecified atom stereocenters. The molecule has 2 aromatic rings. The van der Waals surface area contributed by atoms with Crippen molar-refractivity contribution in [2.75, 3.05) is 12.1 Å². The highest BCUT2D eigenvalue weighted by atomic mass is 15.4. The Kier molecular flexibility index (Phi) is 2.79. The topological polar surface area (TPSA) is 60.0 Å². The molecule has 17 heavy (non-hydrogen) atoms. The van der Waals surface area contributed by atoms with Gasteiger partial charge in [0.2, 0.25) is 0 Å². The quantitative estimate of drug-likeness (QED) is 0.633. The first-order valence-electron chi connectivity index (χ1n) is 5.74. The zero-order chi connectivity index (χ0) is 12.7. The number of anilines is 1. The van der Waals surface area contributed by atoms with Crippen molar-refractivity contribution < 1.29 is 0 Å². The fourth-order valence-corrected chi connectivity index (χ4v) is 2.10. The molecule has 0 aliphatic heterocycles. The van der Waals surface area contributed by atoms with Gasteiger partial charge in [-0.1, -0.05) is 13.8 Å². The van der Waals surface area contributed by atoms with E-state index in [0.29, 0.717) is 5.92 Å². The summed E-state index contributed by atoms with van der Waals surface area (Å²) >= 11 is 0. The maximum Gasteiger partial charge on any atom is 0.160 e. The van der Waals surface area contributed by atoms with E-state index in [2.05, 4.69) is 23.9 Å². The fraction of sp³-hybridized carbons (Fsp3) is 0.500. The van der Waals surface area contributed by atoms with Gasteiger partial charge in [-0.05, 0) is 24.5 Å². The van der Waals surface area contributed by atoms with Gasteiger partial charge in [-0.15, -0.1) is 0 Å². The highest BCUT2D eigenvalue weighted by Crippen LogP contribution is 2.29. The van der Waals surface area contributed by atoms with Gasteiger partial charge in [0.15, 0.2) is 5.65 Å². The maximum absolute atomic E-state index is 5.77. The van der Waals surface area contributed by atoms with Crippen LogP contribution >= 0.6 is 0 Å². The summed E-state index contributed by atoms with van der Waals surface area (Å²) < 4.78 is 1.81. The lowest BCUT2D eigenvalue weighted by molar-refractivity contribution is 0.772. The molecular formula is C12H19N5. The Balaban J connectivity index is 2.83. The van der Waals surface area contributed by atoms with E-state index in [4.69, 9.17) is 5.84 Å². The molecule has 5 nitrogen and oxygen atoms in total. The second kappa shape index (κ2) is 4.00. The maximum atomic E-state index is 5.77. The second-order valence-corrected chi connectivity index (χ2v) is 4.74. The van der Waals surface area contributed by atoms with Gasteiger partial charge in [0.1, 0.15) is 5.82 Å². The highest BCUT2D eigenvalue weighted by molar-refractivity contribution is 5.84. The van der Waals surface area contributed by atoms with Crippen LogP contribution in [0.4, 0.5) is 5.82 Å². The standard InChI is InChI=1S/C12H19N5/c1-7(2)9-6-10(16(4)13)14-12-11(9)8(3)15-17(12)5/h6-7H,13H2,1-5H3. The van der Waals surface area contributed by atoms with Crippen LogP contribution in [-0.2, 0) is 7.05 Å². The summed E-state index contributed by atoms with van der Waals surface area (Å²) in [6.45, 7) is 6.35. The van der Waals surface area contributed by atoms with Crippen LogP contribution in [0.3, 0.4) is 0 Å². The Morgan fingerprint density at radius 2 is 2.06 bits per heavy atom. The van der Waals surface area contributed by atoms with Gasteiger partial charge in [-0.2, -0.15) is 5.10 Å². The van der Waals surface area contributed by atoms with E-state index in [0.717, 1.165) is 22.5 Å². The molecule has 0 atom stereocenters. The van der Waals surface area contributed by atoms with Crippen LogP contribution in [0.1, 0.15) is 31.0 Å². The third-order valence-corrected chi connectivity index (χ3v) is 2.97. The molecular weight excluding hydrogens is 214 g/mol. The van der Waals surface area contributed by atoms with Crippen molar-refractivity contribution in [3.63, 3.8) is 0 Å². The molecule has 0 radical (unpaired) electrons. The molecule has 0 amide bonds. The Morgan fingerprint density at radius 3 is 2.59 bits per heavy atom. The van der Waals surface area contributed by atoms with Gasteiger partial charge in [-0.25, -0.2) is 10.8 Å². The Hall–Kier alpha value is -1.62. The third-order valence-electron chi connectivity index (χ3n) is 2.97. The summed E-state index contributed by atoms with van der Waals surface area (Å²) in [5, 5.41) is 7.11. The summed E-state index contributed by atoms with van der Waals surface area (Å²) in [4.78, 5) is 4.54. The molecule has 2 rings (SSSR count). The lowest BCUT2D eigenvalue weighted by Crippen LogP contribution is -2.26. The summed E-state index contributed by atoms with van der Waals surface area (Å²) in [7, 11) is 3.70. The number of aryl methyl sites for hydroxylation is 2. The first kappa shape index (κ1) is 11.9. The lowest BCUT2D eigenvalue weighted by Gasteiger charge is -2.15. The van der Waals surface area contributed by atoms with E-state index in [1.807, 2.05) is 24.7 Å². The van der Waals surface area contributed by atoms with Gasteiger partial charge in [0.25, 0.3) is 0 Å². The number of pyridine rings is 1. The SMILES string of the molecule is Cc1nn(C)c2nc(N(C)N)cc(C(C)C)c12. The average molecular weight is 233 g/mol. The smallest absolute Gasteiger partial charge is 0.160 e. The van der Waals surface area contributed by atoms with Gasteiger partial charge >= 0.3 is 0 Å². The Morgan fingerprint density at radius 1 is 1.41 bits per heavy atom. The van der Waals surface area contributed by atoms with Gasteiger partial charge in [0.05, 0.1) is 5.69 Å². The number of rotatable bonds is 2. The van der Waals surface area contributed by atoms with Crippen molar-refractivity contribution >= 4 is 16.9 Å². The molecule has 2 aromatic heterocycles. The van der Waals surface area contributed by atoms with E-state index in [1.54, 1.807) is 7.05 Å². The average Bonchev–Trinajstić information content (AvgIpc) is 2.53. The minimum Gasteiger partial charge on any atom is -0.298 e. The van der Waals surface area contributed by atoms with E-state index in [9.17, 15) is 0 Å². The van der Waals surface area contributed by atoms with Crippen molar-refractivity contribution in [1.82, 2.24) is 14.8 Å². The van der Waals surface area contributed by atoms with Gasteiger partial charge in [-0.3, -0.25) is 9.69 Å². The summed E-state index contributed by atoms with van der Waals surface area (Å²) in [6.07, 6.45) is 0. The zero-order valence-corrected chi connectivity index (χ0v) is 11.0. The molecule has 0 aliphatic rings. The normalized spacial score (nSPS) is 11.5. The molecule has 0 bridgehead atoms. The number of hydrogen-bond acceptors (Lipinski definition) is 4. The minimum atomic E-state index is 0.419. The molecule has 2 heterocycles. The van der Waals surface area contributed by atoms with E-state index < -0.39 is 0 Å². The summed E-state index contributed by atoms with van der Waals surface area (Å²) in [5.74, 6) is 6.96. The minimum absolute atomic E-state index is 0.419. The predicted octanol–water partition coefficient (Wildman–Crippen LogP) is 1.71. The van der Waals surface area contributed by atoms with Crippen LogP contribution in [0.25, 0.3) is 11.0 Å². The number of fused-ring (bicyclic) bond motifs is 1.